The fourth-order valence-electron chi connectivity index (χ4n) is 1.93. The molecule has 0 aliphatic heterocycles. The second-order valence-electron chi connectivity index (χ2n) is 4.36. The van der Waals surface area contributed by atoms with Crippen LogP contribution in [0.15, 0.2) is 36.4 Å². The zero-order valence-corrected chi connectivity index (χ0v) is 10.3. The van der Waals surface area contributed by atoms with Crippen LogP contribution < -0.4 is 5.73 Å². The third-order valence-electron chi connectivity index (χ3n) is 2.94. The molecule has 2 aromatic rings. The van der Waals surface area contributed by atoms with Gasteiger partial charge in [-0.2, -0.15) is 0 Å². The van der Waals surface area contributed by atoms with Gasteiger partial charge in [-0.3, -0.25) is 4.79 Å². The zero-order chi connectivity index (χ0) is 13.3. The fourth-order valence-corrected chi connectivity index (χ4v) is 1.93. The van der Waals surface area contributed by atoms with Gasteiger partial charge in [0.25, 0.3) is 0 Å². The Morgan fingerprint density at radius 1 is 1.00 bits per heavy atom. The van der Waals surface area contributed by atoms with Gasteiger partial charge >= 0.3 is 0 Å². The molecule has 2 aromatic carbocycles. The standard InChI is InChI=1S/C15H14FNO/c1-9-3-4-11(16)8-14(9)15(18)13-6-5-12(17)7-10(13)2/h3-8H,17H2,1-2H3. The summed E-state index contributed by atoms with van der Waals surface area (Å²) < 4.78 is 13.2. The summed E-state index contributed by atoms with van der Waals surface area (Å²) in [6, 6.07) is 9.32. The average molecular weight is 243 g/mol. The number of carbonyl (C=O) groups is 1. The van der Waals surface area contributed by atoms with Crippen molar-refractivity contribution in [2.45, 2.75) is 13.8 Å². The normalized spacial score (nSPS) is 10.4. The number of nitrogen functional groups attached to an aromatic ring is 1. The van der Waals surface area contributed by atoms with Crippen LogP contribution in [-0.4, -0.2) is 5.78 Å². The molecule has 0 aromatic heterocycles. The molecule has 2 N–H and O–H groups in total. The first-order chi connectivity index (χ1) is 8.49. The minimum atomic E-state index is -0.406. The van der Waals surface area contributed by atoms with Crippen LogP contribution in [-0.2, 0) is 0 Å². The molecular formula is C15H14FNO. The second kappa shape index (κ2) is 4.61. The van der Waals surface area contributed by atoms with E-state index in [4.69, 9.17) is 5.73 Å². The van der Waals surface area contributed by atoms with Crippen LogP contribution in [0.3, 0.4) is 0 Å². The summed E-state index contributed by atoms with van der Waals surface area (Å²) in [6.07, 6.45) is 0. The van der Waals surface area contributed by atoms with E-state index in [1.165, 1.54) is 12.1 Å². The first kappa shape index (κ1) is 12.3. The van der Waals surface area contributed by atoms with Gasteiger partial charge in [0, 0.05) is 16.8 Å². The topological polar surface area (TPSA) is 43.1 Å². The molecule has 0 aliphatic rings. The number of anilines is 1. The van der Waals surface area contributed by atoms with Crippen molar-refractivity contribution in [1.29, 1.82) is 0 Å². The number of nitrogens with two attached hydrogens (primary N) is 1. The summed E-state index contributed by atoms with van der Waals surface area (Å²) in [5, 5.41) is 0. The lowest BCUT2D eigenvalue weighted by atomic mass is 9.96. The van der Waals surface area contributed by atoms with Gasteiger partial charge in [0.2, 0.25) is 0 Å². The van der Waals surface area contributed by atoms with Crippen LogP contribution in [0.25, 0.3) is 0 Å². The Morgan fingerprint density at radius 3 is 2.39 bits per heavy atom. The van der Waals surface area contributed by atoms with Crippen molar-refractivity contribution in [2.75, 3.05) is 5.73 Å². The quantitative estimate of drug-likeness (QED) is 0.650. The molecule has 0 unspecified atom stereocenters. The number of carbonyl (C=O) groups excluding carboxylic acids is 1. The first-order valence-electron chi connectivity index (χ1n) is 5.66. The molecule has 2 nitrogen and oxygen atoms in total. The summed E-state index contributed by atoms with van der Waals surface area (Å²) in [5.41, 5.74) is 8.76. The summed E-state index contributed by atoms with van der Waals surface area (Å²) in [4.78, 5) is 12.3. The highest BCUT2D eigenvalue weighted by Crippen LogP contribution is 2.19. The number of hydrogen-bond donors (Lipinski definition) is 1. The Bertz CT molecular complexity index is 620. The molecular weight excluding hydrogens is 229 g/mol. The van der Waals surface area contributed by atoms with E-state index in [9.17, 15) is 9.18 Å². The van der Waals surface area contributed by atoms with Crippen molar-refractivity contribution in [3.05, 3.63) is 64.5 Å². The Morgan fingerprint density at radius 2 is 1.72 bits per heavy atom. The second-order valence-corrected chi connectivity index (χ2v) is 4.36. The Hall–Kier alpha value is -2.16. The maximum Gasteiger partial charge on any atom is 0.193 e. The van der Waals surface area contributed by atoms with E-state index in [0.717, 1.165) is 11.1 Å². The highest BCUT2D eigenvalue weighted by molar-refractivity contribution is 6.10. The van der Waals surface area contributed by atoms with Crippen molar-refractivity contribution in [1.82, 2.24) is 0 Å². The number of ketones is 1. The largest absolute Gasteiger partial charge is 0.399 e. The minimum absolute atomic E-state index is 0.176. The number of hydrogen-bond acceptors (Lipinski definition) is 2. The monoisotopic (exact) mass is 243 g/mol. The van der Waals surface area contributed by atoms with E-state index in [-0.39, 0.29) is 5.78 Å². The van der Waals surface area contributed by atoms with E-state index >= 15 is 0 Å². The van der Waals surface area contributed by atoms with Gasteiger partial charge in [-0.15, -0.1) is 0 Å². The third kappa shape index (κ3) is 2.25. The molecule has 0 aliphatic carbocycles. The van der Waals surface area contributed by atoms with E-state index in [1.54, 1.807) is 31.2 Å². The summed E-state index contributed by atoms with van der Waals surface area (Å²) in [6.45, 7) is 3.61. The smallest absolute Gasteiger partial charge is 0.193 e. The van der Waals surface area contributed by atoms with Gasteiger partial charge in [0.05, 0.1) is 0 Å². The summed E-state index contributed by atoms with van der Waals surface area (Å²) in [5.74, 6) is -0.582. The zero-order valence-electron chi connectivity index (χ0n) is 10.3. The molecule has 0 atom stereocenters. The van der Waals surface area contributed by atoms with Crippen LogP contribution in [0, 0.1) is 19.7 Å². The van der Waals surface area contributed by atoms with Crippen molar-refractivity contribution in [3.8, 4) is 0 Å². The van der Waals surface area contributed by atoms with Crippen molar-refractivity contribution >= 4 is 11.5 Å². The molecule has 3 heteroatoms. The minimum Gasteiger partial charge on any atom is -0.399 e. The first-order valence-corrected chi connectivity index (χ1v) is 5.66. The highest BCUT2D eigenvalue weighted by atomic mass is 19.1. The van der Waals surface area contributed by atoms with Crippen molar-refractivity contribution < 1.29 is 9.18 Å². The highest BCUT2D eigenvalue weighted by Gasteiger charge is 2.14. The molecule has 0 bridgehead atoms. The molecule has 2 rings (SSSR count). The Balaban J connectivity index is 2.51. The van der Waals surface area contributed by atoms with Gasteiger partial charge in [-0.05, 0) is 55.3 Å². The maximum atomic E-state index is 13.2. The molecule has 0 saturated carbocycles. The number of rotatable bonds is 2. The number of aryl methyl sites for hydroxylation is 2. The third-order valence-corrected chi connectivity index (χ3v) is 2.94. The van der Waals surface area contributed by atoms with Crippen LogP contribution in [0.1, 0.15) is 27.0 Å². The van der Waals surface area contributed by atoms with Gasteiger partial charge < -0.3 is 5.73 Å². The van der Waals surface area contributed by atoms with Crippen molar-refractivity contribution in [2.24, 2.45) is 0 Å². The van der Waals surface area contributed by atoms with E-state index < -0.39 is 5.82 Å². The molecule has 0 fully saturated rings. The van der Waals surface area contributed by atoms with Crippen LogP contribution in [0.5, 0.6) is 0 Å². The summed E-state index contributed by atoms with van der Waals surface area (Å²) in [7, 11) is 0. The van der Waals surface area contributed by atoms with E-state index in [1.807, 2.05) is 6.92 Å². The molecule has 0 saturated heterocycles. The van der Waals surface area contributed by atoms with Gasteiger partial charge in [-0.1, -0.05) is 6.07 Å². The molecule has 18 heavy (non-hydrogen) atoms. The van der Waals surface area contributed by atoms with Crippen molar-refractivity contribution in [3.63, 3.8) is 0 Å². The lowest BCUT2D eigenvalue weighted by molar-refractivity contribution is 0.103. The van der Waals surface area contributed by atoms with Gasteiger partial charge in [0.1, 0.15) is 5.82 Å². The SMILES string of the molecule is Cc1cc(N)ccc1C(=O)c1cc(F)ccc1C. The molecule has 0 radical (unpaired) electrons. The predicted molar refractivity (Wildman–Crippen MR) is 70.2 cm³/mol. The van der Waals surface area contributed by atoms with E-state index in [0.29, 0.717) is 16.8 Å². The molecule has 0 amide bonds. The van der Waals surface area contributed by atoms with Crippen LogP contribution >= 0.6 is 0 Å². The molecule has 0 spiro atoms. The maximum absolute atomic E-state index is 13.2. The fraction of sp³-hybridized carbons (Fsp3) is 0.133. The lowest BCUT2D eigenvalue weighted by Gasteiger charge is -2.08. The average Bonchev–Trinajstić information content (AvgIpc) is 2.31. The Labute approximate surface area is 105 Å². The number of benzene rings is 2. The Kier molecular flexibility index (Phi) is 3.15. The molecule has 92 valence electrons. The summed E-state index contributed by atoms with van der Waals surface area (Å²) >= 11 is 0. The van der Waals surface area contributed by atoms with E-state index in [2.05, 4.69) is 0 Å². The number of halogens is 1. The van der Waals surface area contributed by atoms with Gasteiger partial charge in [0.15, 0.2) is 5.78 Å². The lowest BCUT2D eigenvalue weighted by Crippen LogP contribution is -2.06. The van der Waals surface area contributed by atoms with Crippen LogP contribution in [0.4, 0.5) is 10.1 Å². The molecule has 0 heterocycles. The van der Waals surface area contributed by atoms with Crippen LogP contribution in [0.2, 0.25) is 0 Å². The van der Waals surface area contributed by atoms with Gasteiger partial charge in [-0.25, -0.2) is 4.39 Å². The predicted octanol–water partition coefficient (Wildman–Crippen LogP) is 3.26.